The number of carbonyl (C=O) groups is 1. The van der Waals surface area contributed by atoms with Gasteiger partial charge in [-0.05, 0) is 44.0 Å². The first kappa shape index (κ1) is 20.9. The minimum absolute atomic E-state index is 0. The number of sulfonamides is 1. The SMILES string of the molecule is Cl.O=C(NCC1=CCNCC1)c1cccc(S(=O)(=O)N2CCCCC2)c1. The number of hydrogen-bond acceptors (Lipinski definition) is 4. The Labute approximate surface area is 161 Å². The van der Waals surface area contributed by atoms with Crippen molar-refractivity contribution in [1.82, 2.24) is 14.9 Å². The molecular weight excluding hydrogens is 374 g/mol. The summed E-state index contributed by atoms with van der Waals surface area (Å²) < 4.78 is 27.0. The number of piperidine rings is 1. The average Bonchev–Trinajstić information content (AvgIpc) is 2.67. The molecular formula is C18H26ClN3O3S. The van der Waals surface area contributed by atoms with E-state index in [0.717, 1.165) is 38.8 Å². The van der Waals surface area contributed by atoms with Gasteiger partial charge in [0.15, 0.2) is 0 Å². The molecule has 0 unspecified atom stereocenters. The predicted octanol–water partition coefficient (Wildman–Crippen LogP) is 1.93. The van der Waals surface area contributed by atoms with Crippen molar-refractivity contribution in [1.29, 1.82) is 0 Å². The van der Waals surface area contributed by atoms with E-state index >= 15 is 0 Å². The molecule has 0 bridgehead atoms. The van der Waals surface area contributed by atoms with E-state index in [4.69, 9.17) is 0 Å². The highest BCUT2D eigenvalue weighted by atomic mass is 35.5. The lowest BCUT2D eigenvalue weighted by Gasteiger charge is -2.26. The number of nitrogens with zero attached hydrogens (tertiary/aromatic N) is 1. The summed E-state index contributed by atoms with van der Waals surface area (Å²) in [6.45, 7) is 3.37. The third kappa shape index (κ3) is 5.07. The van der Waals surface area contributed by atoms with Crippen molar-refractivity contribution >= 4 is 28.3 Å². The lowest BCUT2D eigenvalue weighted by Crippen LogP contribution is -2.35. The minimum Gasteiger partial charge on any atom is -0.348 e. The molecule has 26 heavy (non-hydrogen) atoms. The van der Waals surface area contributed by atoms with Gasteiger partial charge in [-0.3, -0.25) is 4.79 Å². The van der Waals surface area contributed by atoms with Crippen LogP contribution >= 0.6 is 12.4 Å². The zero-order chi connectivity index (χ0) is 17.7. The number of benzene rings is 1. The number of carbonyl (C=O) groups excluding carboxylic acids is 1. The van der Waals surface area contributed by atoms with Gasteiger partial charge in [-0.15, -0.1) is 12.4 Å². The molecule has 0 aromatic heterocycles. The van der Waals surface area contributed by atoms with Gasteiger partial charge in [0, 0.05) is 31.7 Å². The van der Waals surface area contributed by atoms with Crippen LogP contribution in [-0.2, 0) is 10.0 Å². The summed E-state index contributed by atoms with van der Waals surface area (Å²) in [5.74, 6) is -0.241. The topological polar surface area (TPSA) is 78.5 Å². The van der Waals surface area contributed by atoms with Crippen molar-refractivity contribution in [3.63, 3.8) is 0 Å². The summed E-state index contributed by atoms with van der Waals surface area (Å²) in [6.07, 6.45) is 5.86. The third-order valence-corrected chi connectivity index (χ3v) is 6.58. The highest BCUT2D eigenvalue weighted by molar-refractivity contribution is 7.89. The van der Waals surface area contributed by atoms with Crippen molar-refractivity contribution in [2.75, 3.05) is 32.7 Å². The monoisotopic (exact) mass is 399 g/mol. The summed E-state index contributed by atoms with van der Waals surface area (Å²) in [6, 6.07) is 6.34. The second kappa shape index (κ2) is 9.50. The van der Waals surface area contributed by atoms with E-state index in [1.54, 1.807) is 18.2 Å². The van der Waals surface area contributed by atoms with Gasteiger partial charge in [0.05, 0.1) is 4.90 Å². The maximum absolute atomic E-state index is 12.7. The Morgan fingerprint density at radius 1 is 1.19 bits per heavy atom. The molecule has 1 saturated heterocycles. The molecule has 0 spiro atoms. The van der Waals surface area contributed by atoms with Gasteiger partial charge in [-0.1, -0.05) is 24.1 Å². The van der Waals surface area contributed by atoms with Crippen molar-refractivity contribution in [3.05, 3.63) is 41.5 Å². The predicted molar refractivity (Wildman–Crippen MR) is 104 cm³/mol. The van der Waals surface area contributed by atoms with Crippen LogP contribution in [0.15, 0.2) is 40.8 Å². The standard InChI is InChI=1S/C18H25N3O3S.ClH/c22-18(20-14-15-7-9-19-10-8-15)16-5-4-6-17(13-16)25(23,24)21-11-2-1-3-12-21;/h4-7,13,19H,1-3,8-12,14H2,(H,20,22);1H. The van der Waals surface area contributed by atoms with Crippen molar-refractivity contribution in [3.8, 4) is 0 Å². The Hall–Kier alpha value is -1.41. The van der Waals surface area contributed by atoms with Gasteiger partial charge >= 0.3 is 0 Å². The van der Waals surface area contributed by atoms with E-state index in [1.165, 1.54) is 15.9 Å². The summed E-state index contributed by atoms with van der Waals surface area (Å²) >= 11 is 0. The number of nitrogens with one attached hydrogen (secondary N) is 2. The fourth-order valence-electron chi connectivity index (χ4n) is 3.18. The fourth-order valence-corrected chi connectivity index (χ4v) is 4.74. The molecule has 1 amide bonds. The first-order chi connectivity index (χ1) is 12.1. The summed E-state index contributed by atoms with van der Waals surface area (Å²) in [5.41, 5.74) is 1.58. The van der Waals surface area contributed by atoms with E-state index in [2.05, 4.69) is 16.7 Å². The van der Waals surface area contributed by atoms with Gasteiger partial charge in [0.1, 0.15) is 0 Å². The smallest absolute Gasteiger partial charge is 0.251 e. The van der Waals surface area contributed by atoms with E-state index in [-0.39, 0.29) is 23.2 Å². The first-order valence-electron chi connectivity index (χ1n) is 8.84. The molecule has 2 heterocycles. The van der Waals surface area contributed by atoms with Gasteiger partial charge in [-0.2, -0.15) is 4.31 Å². The maximum atomic E-state index is 12.7. The Morgan fingerprint density at radius 2 is 1.96 bits per heavy atom. The Kier molecular flexibility index (Phi) is 7.64. The van der Waals surface area contributed by atoms with Gasteiger partial charge < -0.3 is 10.6 Å². The van der Waals surface area contributed by atoms with Crippen molar-refractivity contribution in [2.45, 2.75) is 30.6 Å². The van der Waals surface area contributed by atoms with E-state index in [1.807, 2.05) is 0 Å². The zero-order valence-corrected chi connectivity index (χ0v) is 16.4. The van der Waals surface area contributed by atoms with Crippen LogP contribution in [0.3, 0.4) is 0 Å². The second-order valence-electron chi connectivity index (χ2n) is 6.49. The van der Waals surface area contributed by atoms with Crippen LogP contribution < -0.4 is 10.6 Å². The lowest BCUT2D eigenvalue weighted by atomic mass is 10.1. The average molecular weight is 400 g/mol. The largest absolute Gasteiger partial charge is 0.348 e. The second-order valence-corrected chi connectivity index (χ2v) is 8.43. The molecule has 6 nitrogen and oxygen atoms in total. The summed E-state index contributed by atoms with van der Waals surface area (Å²) in [4.78, 5) is 12.6. The molecule has 2 N–H and O–H groups in total. The van der Waals surface area contributed by atoms with Crippen LogP contribution in [0.25, 0.3) is 0 Å². The van der Waals surface area contributed by atoms with Crippen LogP contribution in [0.5, 0.6) is 0 Å². The Bertz CT molecular complexity index is 759. The number of hydrogen-bond donors (Lipinski definition) is 2. The molecule has 2 aliphatic rings. The van der Waals surface area contributed by atoms with Crippen LogP contribution in [0.4, 0.5) is 0 Å². The molecule has 8 heteroatoms. The third-order valence-electron chi connectivity index (χ3n) is 4.68. The summed E-state index contributed by atoms with van der Waals surface area (Å²) in [7, 11) is -3.52. The molecule has 0 atom stereocenters. The van der Waals surface area contributed by atoms with E-state index < -0.39 is 10.0 Å². The molecule has 1 aromatic carbocycles. The molecule has 1 aromatic rings. The number of rotatable bonds is 5. The van der Waals surface area contributed by atoms with Crippen molar-refractivity contribution < 1.29 is 13.2 Å². The van der Waals surface area contributed by atoms with Crippen molar-refractivity contribution in [2.24, 2.45) is 0 Å². The normalized spacial score (nSPS) is 18.5. The summed E-state index contributed by atoms with van der Waals surface area (Å²) in [5, 5.41) is 6.11. The van der Waals surface area contributed by atoms with E-state index in [9.17, 15) is 13.2 Å². The van der Waals surface area contributed by atoms with Gasteiger partial charge in [0.2, 0.25) is 10.0 Å². The highest BCUT2D eigenvalue weighted by Gasteiger charge is 2.26. The fraction of sp³-hybridized carbons (Fsp3) is 0.500. The van der Waals surface area contributed by atoms with Gasteiger partial charge in [-0.25, -0.2) is 8.42 Å². The van der Waals surface area contributed by atoms with Crippen LogP contribution in [-0.4, -0.2) is 51.4 Å². The minimum atomic E-state index is -3.52. The molecule has 2 aliphatic heterocycles. The van der Waals surface area contributed by atoms with Crippen LogP contribution in [0.1, 0.15) is 36.0 Å². The molecule has 3 rings (SSSR count). The molecule has 1 fully saturated rings. The number of amides is 1. The zero-order valence-electron chi connectivity index (χ0n) is 14.7. The molecule has 144 valence electrons. The molecule has 0 saturated carbocycles. The first-order valence-corrected chi connectivity index (χ1v) is 10.3. The van der Waals surface area contributed by atoms with Gasteiger partial charge in [0.25, 0.3) is 5.91 Å². The Morgan fingerprint density at radius 3 is 2.65 bits per heavy atom. The maximum Gasteiger partial charge on any atom is 0.251 e. The highest BCUT2D eigenvalue weighted by Crippen LogP contribution is 2.21. The Balaban J connectivity index is 0.00000243. The lowest BCUT2D eigenvalue weighted by molar-refractivity contribution is 0.0956. The number of halogens is 1. The molecule has 0 radical (unpaired) electrons. The molecule has 0 aliphatic carbocycles. The van der Waals surface area contributed by atoms with E-state index in [0.29, 0.717) is 25.2 Å². The van der Waals surface area contributed by atoms with Crippen LogP contribution in [0.2, 0.25) is 0 Å². The van der Waals surface area contributed by atoms with Crippen LogP contribution in [0, 0.1) is 0 Å². The quantitative estimate of drug-likeness (QED) is 0.741.